The van der Waals surface area contributed by atoms with Gasteiger partial charge in [-0.3, -0.25) is 4.79 Å². The number of halogens is 1. The zero-order valence-corrected chi connectivity index (χ0v) is 12.0. The van der Waals surface area contributed by atoms with Crippen LogP contribution in [0.15, 0.2) is 47.6 Å². The van der Waals surface area contributed by atoms with Crippen LogP contribution in [0.3, 0.4) is 0 Å². The smallest absolute Gasteiger partial charge is 0.271 e. The Hall–Kier alpha value is -2.53. The van der Waals surface area contributed by atoms with Gasteiger partial charge in [-0.25, -0.2) is 5.43 Å². The molecule has 2 aromatic carbocycles. The molecule has 0 saturated carbocycles. The lowest BCUT2D eigenvalue weighted by Gasteiger charge is -2.03. The highest BCUT2D eigenvalue weighted by atomic mass is 35.5. The summed E-state index contributed by atoms with van der Waals surface area (Å²) in [5, 5.41) is 14.0. The van der Waals surface area contributed by atoms with Crippen molar-refractivity contribution in [2.24, 2.45) is 5.10 Å². The van der Waals surface area contributed by atoms with Gasteiger partial charge >= 0.3 is 0 Å². The second kappa shape index (κ2) is 6.76. The maximum atomic E-state index is 11.8. The van der Waals surface area contributed by atoms with E-state index in [2.05, 4.69) is 10.5 Å². The second-order valence-electron chi connectivity index (χ2n) is 4.13. The molecule has 0 bridgehead atoms. The number of nitrogens with one attached hydrogen (secondary N) is 1. The van der Waals surface area contributed by atoms with Gasteiger partial charge in [-0.05, 0) is 30.3 Å². The summed E-state index contributed by atoms with van der Waals surface area (Å²) in [5.74, 6) is 0.157. The first-order chi connectivity index (χ1) is 10.1. The zero-order valence-electron chi connectivity index (χ0n) is 11.2. The Morgan fingerprint density at radius 2 is 2.14 bits per heavy atom. The van der Waals surface area contributed by atoms with E-state index in [0.717, 1.165) is 0 Å². The predicted octanol–water partition coefficient (Wildman–Crippen LogP) is 2.82. The quantitative estimate of drug-likeness (QED) is 0.674. The molecular formula is C15H13ClN2O3. The van der Waals surface area contributed by atoms with Crippen molar-refractivity contribution in [1.29, 1.82) is 0 Å². The summed E-state index contributed by atoms with van der Waals surface area (Å²) in [7, 11) is 1.51. The first kappa shape index (κ1) is 14.9. The van der Waals surface area contributed by atoms with Gasteiger partial charge in [-0.2, -0.15) is 5.10 Å². The summed E-state index contributed by atoms with van der Waals surface area (Å²) >= 11 is 5.80. The molecule has 21 heavy (non-hydrogen) atoms. The Labute approximate surface area is 126 Å². The number of carbonyl (C=O) groups is 1. The number of carbonyl (C=O) groups excluding carboxylic acids is 1. The molecule has 6 heteroatoms. The maximum Gasteiger partial charge on any atom is 0.271 e. The van der Waals surface area contributed by atoms with E-state index in [1.165, 1.54) is 25.5 Å². The minimum Gasteiger partial charge on any atom is -0.507 e. The fourth-order valence-electron chi connectivity index (χ4n) is 1.61. The minimum atomic E-state index is -0.387. The summed E-state index contributed by atoms with van der Waals surface area (Å²) in [5.41, 5.74) is 3.22. The Balaban J connectivity index is 2.04. The van der Waals surface area contributed by atoms with Crippen LogP contribution in [0.5, 0.6) is 11.5 Å². The van der Waals surface area contributed by atoms with E-state index in [9.17, 15) is 9.90 Å². The van der Waals surface area contributed by atoms with Gasteiger partial charge in [-0.15, -0.1) is 0 Å². The lowest BCUT2D eigenvalue weighted by Crippen LogP contribution is -2.17. The van der Waals surface area contributed by atoms with Crippen molar-refractivity contribution in [3.8, 4) is 11.5 Å². The first-order valence-corrected chi connectivity index (χ1v) is 6.44. The minimum absolute atomic E-state index is 0.00936. The number of hydrogen-bond donors (Lipinski definition) is 2. The SMILES string of the molecule is COc1ccc(/C=N/NC(=O)c2cccc(Cl)c2)c(O)c1. The molecule has 0 radical (unpaired) electrons. The van der Waals surface area contributed by atoms with E-state index >= 15 is 0 Å². The summed E-state index contributed by atoms with van der Waals surface area (Å²) < 4.78 is 4.97. The molecule has 2 rings (SSSR count). The molecule has 2 aromatic rings. The molecule has 0 aromatic heterocycles. The van der Waals surface area contributed by atoms with Crippen LogP contribution in [-0.2, 0) is 0 Å². The van der Waals surface area contributed by atoms with Crippen LogP contribution in [0.25, 0.3) is 0 Å². The van der Waals surface area contributed by atoms with E-state index in [1.54, 1.807) is 30.3 Å². The van der Waals surface area contributed by atoms with Crippen molar-refractivity contribution < 1.29 is 14.6 Å². The van der Waals surface area contributed by atoms with Gasteiger partial charge in [0.05, 0.1) is 13.3 Å². The summed E-state index contributed by atoms with van der Waals surface area (Å²) in [6.07, 6.45) is 1.34. The van der Waals surface area contributed by atoms with Crippen molar-refractivity contribution in [2.75, 3.05) is 7.11 Å². The third kappa shape index (κ3) is 3.97. The third-order valence-electron chi connectivity index (χ3n) is 2.69. The number of nitrogens with zero attached hydrogens (tertiary/aromatic N) is 1. The topological polar surface area (TPSA) is 70.9 Å². The summed E-state index contributed by atoms with van der Waals surface area (Å²) in [6, 6.07) is 11.3. The predicted molar refractivity (Wildman–Crippen MR) is 81.2 cm³/mol. The standard InChI is InChI=1S/C15H13ClN2O3/c1-21-13-6-5-11(14(19)8-13)9-17-18-15(20)10-3-2-4-12(16)7-10/h2-9,19H,1H3,(H,18,20)/b17-9+. The number of hydrogen-bond acceptors (Lipinski definition) is 4. The van der Waals surface area contributed by atoms with E-state index in [4.69, 9.17) is 16.3 Å². The van der Waals surface area contributed by atoms with Crippen LogP contribution in [0.2, 0.25) is 5.02 Å². The molecule has 0 atom stereocenters. The van der Waals surface area contributed by atoms with E-state index < -0.39 is 0 Å². The Morgan fingerprint density at radius 3 is 2.81 bits per heavy atom. The lowest BCUT2D eigenvalue weighted by atomic mass is 10.2. The van der Waals surface area contributed by atoms with Gasteiger partial charge in [0.2, 0.25) is 0 Å². The molecule has 0 aliphatic rings. The number of hydrazone groups is 1. The molecule has 2 N–H and O–H groups in total. The molecule has 0 heterocycles. The van der Waals surface area contributed by atoms with Gasteiger partial charge in [0.15, 0.2) is 0 Å². The summed E-state index contributed by atoms with van der Waals surface area (Å²) in [4.78, 5) is 11.8. The van der Waals surface area contributed by atoms with Gasteiger partial charge in [0.25, 0.3) is 5.91 Å². The van der Waals surface area contributed by atoms with Gasteiger partial charge < -0.3 is 9.84 Å². The number of ether oxygens (including phenoxy) is 1. The average Bonchev–Trinajstić information content (AvgIpc) is 2.48. The van der Waals surface area contributed by atoms with Crippen LogP contribution in [-0.4, -0.2) is 24.3 Å². The number of phenols is 1. The molecule has 0 aliphatic carbocycles. The maximum absolute atomic E-state index is 11.8. The molecular weight excluding hydrogens is 292 g/mol. The van der Waals surface area contributed by atoms with Crippen LogP contribution in [0.1, 0.15) is 15.9 Å². The number of phenolic OH excluding ortho intramolecular Hbond substituents is 1. The Morgan fingerprint density at radius 1 is 1.33 bits per heavy atom. The fourth-order valence-corrected chi connectivity index (χ4v) is 1.80. The average molecular weight is 305 g/mol. The number of aromatic hydroxyl groups is 1. The molecule has 5 nitrogen and oxygen atoms in total. The van der Waals surface area contributed by atoms with Crippen molar-refractivity contribution in [1.82, 2.24) is 5.43 Å². The van der Waals surface area contributed by atoms with Crippen LogP contribution < -0.4 is 10.2 Å². The zero-order chi connectivity index (χ0) is 15.2. The van der Waals surface area contributed by atoms with E-state index in [0.29, 0.717) is 21.9 Å². The first-order valence-electron chi connectivity index (χ1n) is 6.06. The second-order valence-corrected chi connectivity index (χ2v) is 4.57. The van der Waals surface area contributed by atoms with Gasteiger partial charge in [0.1, 0.15) is 11.5 Å². The molecule has 0 aliphatic heterocycles. The van der Waals surface area contributed by atoms with Crippen molar-refractivity contribution in [2.45, 2.75) is 0 Å². The largest absolute Gasteiger partial charge is 0.507 e. The number of methoxy groups -OCH3 is 1. The van der Waals surface area contributed by atoms with Gasteiger partial charge in [-0.1, -0.05) is 17.7 Å². The van der Waals surface area contributed by atoms with E-state index in [-0.39, 0.29) is 11.7 Å². The summed E-state index contributed by atoms with van der Waals surface area (Å²) in [6.45, 7) is 0. The normalized spacial score (nSPS) is 10.6. The highest BCUT2D eigenvalue weighted by molar-refractivity contribution is 6.30. The molecule has 0 unspecified atom stereocenters. The lowest BCUT2D eigenvalue weighted by molar-refractivity contribution is 0.0955. The van der Waals surface area contributed by atoms with Crippen molar-refractivity contribution >= 4 is 23.7 Å². The van der Waals surface area contributed by atoms with Crippen molar-refractivity contribution in [3.63, 3.8) is 0 Å². The number of amides is 1. The molecule has 108 valence electrons. The molecule has 0 spiro atoms. The van der Waals surface area contributed by atoms with Gasteiger partial charge in [0, 0.05) is 22.2 Å². The van der Waals surface area contributed by atoms with Crippen molar-refractivity contribution in [3.05, 3.63) is 58.6 Å². The molecule has 1 amide bonds. The highest BCUT2D eigenvalue weighted by Gasteiger charge is 2.04. The monoisotopic (exact) mass is 304 g/mol. The highest BCUT2D eigenvalue weighted by Crippen LogP contribution is 2.21. The number of benzene rings is 2. The molecule has 0 saturated heterocycles. The van der Waals surface area contributed by atoms with Crippen LogP contribution in [0, 0.1) is 0 Å². The van der Waals surface area contributed by atoms with Crippen LogP contribution >= 0.6 is 11.6 Å². The Kier molecular flexibility index (Phi) is 4.79. The third-order valence-corrected chi connectivity index (χ3v) is 2.93. The van der Waals surface area contributed by atoms with Crippen LogP contribution in [0.4, 0.5) is 0 Å². The Bertz CT molecular complexity index is 686. The van der Waals surface area contributed by atoms with E-state index in [1.807, 2.05) is 0 Å². The number of rotatable bonds is 4. The fraction of sp³-hybridized carbons (Fsp3) is 0.0667. The molecule has 0 fully saturated rings.